The van der Waals surface area contributed by atoms with Crippen molar-refractivity contribution in [1.82, 2.24) is 48.1 Å². The van der Waals surface area contributed by atoms with Crippen molar-refractivity contribution >= 4 is 22.3 Å². The monoisotopic (exact) mass is 906 g/mol. The van der Waals surface area contributed by atoms with Gasteiger partial charge in [0.15, 0.2) is 11.6 Å². The number of amides is 1. The molecule has 5 aliphatic rings. The van der Waals surface area contributed by atoms with Gasteiger partial charge in [-0.25, -0.2) is 23.1 Å². The molecule has 3 aliphatic carbocycles. The first-order valence-electron chi connectivity index (χ1n) is 23.2. The average molecular weight is 907 g/mol. The minimum Gasteiger partial charge on any atom is -0.376 e. The van der Waals surface area contributed by atoms with Gasteiger partial charge in [0.25, 0.3) is 5.91 Å². The number of nitrogens with one attached hydrogen (secondary N) is 1. The molecule has 0 radical (unpaired) electrons. The highest BCUT2D eigenvalue weighted by atomic mass is 19.1. The molecule has 3 saturated carbocycles. The molecule has 4 fully saturated rings. The Balaban J connectivity index is 0.976. The van der Waals surface area contributed by atoms with Gasteiger partial charge in [0, 0.05) is 61.5 Å². The number of H-pyrrole nitrogens is 1. The fourth-order valence-corrected chi connectivity index (χ4v) is 11.5. The predicted octanol–water partition coefficient (Wildman–Crippen LogP) is 7.79. The molecule has 0 bridgehead atoms. The zero-order chi connectivity index (χ0) is 45.9. The van der Waals surface area contributed by atoms with Gasteiger partial charge in [0.1, 0.15) is 11.6 Å². The molecule has 1 saturated heterocycles. The van der Waals surface area contributed by atoms with E-state index in [4.69, 9.17) is 14.4 Å². The molecule has 17 heteroatoms. The summed E-state index contributed by atoms with van der Waals surface area (Å²) in [6, 6.07) is 11.8. The molecule has 8 heterocycles. The fourth-order valence-electron chi connectivity index (χ4n) is 11.5. The summed E-state index contributed by atoms with van der Waals surface area (Å²) in [6.07, 6.45) is 15.0. The van der Waals surface area contributed by atoms with Crippen molar-refractivity contribution in [2.75, 3.05) is 13.2 Å². The van der Waals surface area contributed by atoms with E-state index in [0.717, 1.165) is 60.9 Å². The maximum absolute atomic E-state index is 16.3. The zero-order valence-electron chi connectivity index (χ0n) is 37.6. The van der Waals surface area contributed by atoms with E-state index in [1.165, 1.54) is 27.6 Å². The molecule has 15 nitrogen and oxygen atoms in total. The number of benzene rings is 2. The summed E-state index contributed by atoms with van der Waals surface area (Å²) in [6.45, 7) is 7.23. The van der Waals surface area contributed by atoms with E-state index in [2.05, 4.69) is 47.4 Å². The van der Waals surface area contributed by atoms with E-state index in [9.17, 15) is 9.59 Å². The van der Waals surface area contributed by atoms with Crippen molar-refractivity contribution in [1.29, 1.82) is 0 Å². The third-order valence-corrected chi connectivity index (χ3v) is 15.5. The summed E-state index contributed by atoms with van der Waals surface area (Å²) >= 11 is 0. The molecular formula is C50H48F2N10O5. The Kier molecular flexibility index (Phi) is 8.35. The van der Waals surface area contributed by atoms with E-state index in [-0.39, 0.29) is 40.2 Å². The van der Waals surface area contributed by atoms with Crippen LogP contribution in [0, 0.1) is 11.6 Å². The smallest absolute Gasteiger partial charge is 0.376 e. The largest absolute Gasteiger partial charge is 0.438 e. The second-order valence-corrected chi connectivity index (χ2v) is 20.3. The van der Waals surface area contributed by atoms with Gasteiger partial charge in [-0.15, -0.1) is 0 Å². The van der Waals surface area contributed by atoms with E-state index < -0.39 is 34.1 Å². The fraction of sp³-hybridized carbons (Fsp3) is 0.400. The second kappa shape index (κ2) is 13.8. The van der Waals surface area contributed by atoms with Gasteiger partial charge in [0.05, 0.1) is 62.3 Å². The van der Waals surface area contributed by atoms with Crippen LogP contribution in [-0.2, 0) is 22.6 Å². The van der Waals surface area contributed by atoms with Crippen molar-refractivity contribution < 1.29 is 22.8 Å². The number of pyridine rings is 1. The first-order chi connectivity index (χ1) is 32.2. The SMILES string of the molecule is C[C@H]1c2c(nn(-c3ccc(F)c(C4CC4)c3)c2-n2ccn(-c3ccc4c(cnn4C)c3F)c2=O)C2(CC2)CN1C(=O)c1cn2cc(C3CCOC(C)(C)C3)ccc2c1C1(c2noc(=O)[nH]2)CC1. The molecule has 2 atom stereocenters. The van der Waals surface area contributed by atoms with Gasteiger partial charge in [-0.05, 0) is 131 Å². The number of rotatable bonds is 8. The highest BCUT2D eigenvalue weighted by Crippen LogP contribution is 2.58. The lowest BCUT2D eigenvalue weighted by molar-refractivity contribution is -0.0593. The lowest BCUT2D eigenvalue weighted by Gasteiger charge is -2.38. The van der Waals surface area contributed by atoms with E-state index in [1.54, 1.807) is 40.8 Å². The highest BCUT2D eigenvalue weighted by Gasteiger charge is 2.57. The molecule has 1 spiro atoms. The zero-order valence-corrected chi connectivity index (χ0v) is 37.6. The van der Waals surface area contributed by atoms with Crippen molar-refractivity contribution in [3.05, 3.63) is 145 Å². The molecule has 2 aliphatic heterocycles. The molecular weight excluding hydrogens is 859 g/mol. The van der Waals surface area contributed by atoms with Gasteiger partial charge in [0.2, 0.25) is 0 Å². The Bertz CT molecular complexity index is 3520. The van der Waals surface area contributed by atoms with Crippen LogP contribution in [0.3, 0.4) is 0 Å². The number of ether oxygens (including phenoxy) is 1. The normalized spacial score (nSPS) is 21.4. The van der Waals surface area contributed by atoms with Crippen molar-refractivity contribution in [2.45, 2.75) is 106 Å². The van der Waals surface area contributed by atoms with E-state index in [1.807, 2.05) is 28.5 Å². The van der Waals surface area contributed by atoms with E-state index in [0.29, 0.717) is 65.5 Å². The second-order valence-electron chi connectivity index (χ2n) is 20.3. The third-order valence-electron chi connectivity index (χ3n) is 15.5. The van der Waals surface area contributed by atoms with Gasteiger partial charge >= 0.3 is 11.4 Å². The van der Waals surface area contributed by atoms with Gasteiger partial charge in [-0.3, -0.25) is 28.1 Å². The number of aryl methyl sites for hydroxylation is 1. The average Bonchev–Trinajstić information content (AvgIpc) is 4.26. The molecule has 2 aromatic carbocycles. The van der Waals surface area contributed by atoms with E-state index >= 15 is 13.6 Å². The summed E-state index contributed by atoms with van der Waals surface area (Å²) in [5.74, 6) is -0.591. The maximum atomic E-state index is 16.3. The number of imidazole rings is 1. The van der Waals surface area contributed by atoms with Crippen LogP contribution in [0.1, 0.15) is 134 Å². The standard InChI is InChI=1S/C50H48F2N10O5/c1-27-39-42(55-62(31-8-9-35(51)32(21-31)28-5-6-28)43(39)60-19-18-59(47(60)65)38-12-11-36-33(41(38)52)23-53-57(36)4)49(14-15-49)26-61(27)44(63)34-25-58-24-30(29-13-20-66-48(2,3)22-29)7-10-37(58)40(34)50(16-17-50)45-54-46(64)67-56-45/h7-12,18-19,21,23-25,27-29H,5-6,13-17,20,22,26H2,1-4H3,(H,54,56,64)/t27-,29?/m0/s1. The van der Waals surface area contributed by atoms with Crippen molar-refractivity contribution in [3.8, 4) is 17.2 Å². The number of carbonyl (C=O) groups is 1. The van der Waals surface area contributed by atoms with Crippen molar-refractivity contribution in [2.24, 2.45) is 7.05 Å². The van der Waals surface area contributed by atoms with Crippen LogP contribution >= 0.6 is 0 Å². The van der Waals surface area contributed by atoms with Crippen LogP contribution in [0.25, 0.3) is 33.6 Å². The predicted molar refractivity (Wildman–Crippen MR) is 242 cm³/mol. The van der Waals surface area contributed by atoms with Gasteiger partial charge in [-0.1, -0.05) is 11.2 Å². The topological polar surface area (TPSA) is 155 Å². The maximum Gasteiger partial charge on any atom is 0.438 e. The highest BCUT2D eigenvalue weighted by molar-refractivity contribution is 6.00. The number of carbonyl (C=O) groups excluding carboxylic acids is 1. The van der Waals surface area contributed by atoms with Crippen LogP contribution in [0.4, 0.5) is 8.78 Å². The minimum atomic E-state index is -0.752. The van der Waals surface area contributed by atoms with Crippen LogP contribution in [0.5, 0.6) is 0 Å². The van der Waals surface area contributed by atoms with Crippen LogP contribution in [0.2, 0.25) is 0 Å². The summed E-state index contributed by atoms with van der Waals surface area (Å²) in [4.78, 5) is 47.8. The summed E-state index contributed by atoms with van der Waals surface area (Å²) < 4.78 is 50.8. The molecule has 1 amide bonds. The quantitative estimate of drug-likeness (QED) is 0.162. The number of aromatic amines is 1. The number of fused-ring (bicyclic) bond motifs is 4. The summed E-state index contributed by atoms with van der Waals surface area (Å²) in [5.41, 5.74) is 4.48. The Morgan fingerprint density at radius 1 is 0.925 bits per heavy atom. The number of hydrogen-bond donors (Lipinski definition) is 1. The lowest BCUT2D eigenvalue weighted by atomic mass is 9.84. The Morgan fingerprint density at radius 2 is 1.72 bits per heavy atom. The molecule has 6 aromatic heterocycles. The number of nitrogens with zero attached hydrogens (tertiary/aromatic N) is 9. The Morgan fingerprint density at radius 3 is 2.45 bits per heavy atom. The Labute approximate surface area is 381 Å². The lowest BCUT2D eigenvalue weighted by Crippen LogP contribution is -2.44. The molecule has 342 valence electrons. The number of aromatic nitrogens is 9. The third kappa shape index (κ3) is 6.01. The summed E-state index contributed by atoms with van der Waals surface area (Å²) in [5, 5.41) is 14.0. The molecule has 8 aromatic rings. The van der Waals surface area contributed by atoms with Crippen LogP contribution in [-0.4, -0.2) is 72.8 Å². The number of halogens is 2. The van der Waals surface area contributed by atoms with Crippen molar-refractivity contribution in [3.63, 3.8) is 0 Å². The van der Waals surface area contributed by atoms with Crippen LogP contribution in [0.15, 0.2) is 87.6 Å². The molecule has 13 rings (SSSR count). The minimum absolute atomic E-state index is 0.0601. The molecule has 1 N–H and O–H groups in total. The Hall–Kier alpha value is -6.88. The van der Waals surface area contributed by atoms with Crippen LogP contribution < -0.4 is 11.4 Å². The molecule has 67 heavy (non-hydrogen) atoms. The first kappa shape index (κ1) is 40.4. The molecule has 1 unspecified atom stereocenters. The van der Waals surface area contributed by atoms with Gasteiger partial charge in [-0.2, -0.15) is 10.2 Å². The van der Waals surface area contributed by atoms with Gasteiger partial charge < -0.3 is 14.0 Å². The summed E-state index contributed by atoms with van der Waals surface area (Å²) in [7, 11) is 1.73. The first-order valence-corrected chi connectivity index (χ1v) is 23.2. The number of hydrogen-bond acceptors (Lipinski definition) is 8.